The zero-order chi connectivity index (χ0) is 10.9. The van der Waals surface area contributed by atoms with Crippen LogP contribution in [0.1, 0.15) is 41.0 Å². The lowest BCUT2D eigenvalue weighted by molar-refractivity contribution is 0.186. The van der Waals surface area contributed by atoms with Gasteiger partial charge in [0.1, 0.15) is 0 Å². The van der Waals surface area contributed by atoms with Gasteiger partial charge in [-0.15, -0.1) is 0 Å². The molecule has 3 nitrogen and oxygen atoms in total. The van der Waals surface area contributed by atoms with E-state index in [2.05, 4.69) is 0 Å². The third kappa shape index (κ3) is 5.48. The predicted molar refractivity (Wildman–Crippen MR) is 55.1 cm³/mol. The Balaban J connectivity index is 0. The Morgan fingerprint density at radius 1 is 1.31 bits per heavy atom. The van der Waals surface area contributed by atoms with E-state index in [4.69, 9.17) is 10.4 Å². The zero-order valence-corrected chi connectivity index (χ0v) is 9.41. The number of rotatable bonds is 0. The molecule has 0 saturated carbocycles. The van der Waals surface area contributed by atoms with Gasteiger partial charge < -0.3 is 10.0 Å². The van der Waals surface area contributed by atoms with Crippen LogP contribution in [0, 0.1) is 11.5 Å². The molecule has 0 bridgehead atoms. The first-order valence-electron chi connectivity index (χ1n) is 5.08. The molecule has 1 aliphatic heterocycles. The number of hydrogen-bond acceptors (Lipinski definition) is 3. The zero-order valence-electron chi connectivity index (χ0n) is 9.41. The second kappa shape index (κ2) is 9.34. The molecule has 2 atom stereocenters. The average Bonchev–Trinajstić information content (AvgIpc) is 2.51. The van der Waals surface area contributed by atoms with Crippen LogP contribution in [-0.4, -0.2) is 28.7 Å². The van der Waals surface area contributed by atoms with Crippen LogP contribution in [0.25, 0.3) is 0 Å². The maximum atomic E-state index is 9.01. The molecule has 1 fully saturated rings. The Labute approximate surface area is 82.0 Å². The highest BCUT2D eigenvalue weighted by Gasteiger charge is 2.25. The summed E-state index contributed by atoms with van der Waals surface area (Å²) < 4.78 is 0. The van der Waals surface area contributed by atoms with Crippen molar-refractivity contribution in [3.8, 4) is 6.19 Å². The minimum absolute atomic E-state index is 0.227. The summed E-state index contributed by atoms with van der Waals surface area (Å²) in [4.78, 5) is 1.60. The molecule has 1 N–H and O–H groups in total. The molecule has 1 rings (SSSR count). The lowest BCUT2D eigenvalue weighted by Crippen LogP contribution is -2.21. The van der Waals surface area contributed by atoms with E-state index in [1.54, 1.807) is 4.90 Å². The summed E-state index contributed by atoms with van der Waals surface area (Å²) in [6, 6.07) is 0.227. The van der Waals surface area contributed by atoms with E-state index in [-0.39, 0.29) is 12.1 Å². The van der Waals surface area contributed by atoms with Crippen LogP contribution >= 0.6 is 0 Å². The fourth-order valence-corrected chi connectivity index (χ4v) is 1.14. The maximum absolute atomic E-state index is 9.01. The second-order valence-corrected chi connectivity index (χ2v) is 2.49. The fourth-order valence-electron chi connectivity index (χ4n) is 1.14. The van der Waals surface area contributed by atoms with Gasteiger partial charge in [-0.1, -0.05) is 27.7 Å². The van der Waals surface area contributed by atoms with Crippen molar-refractivity contribution in [2.75, 3.05) is 6.54 Å². The molecule has 1 saturated heterocycles. The van der Waals surface area contributed by atoms with Crippen molar-refractivity contribution in [2.45, 2.75) is 53.2 Å². The van der Waals surface area contributed by atoms with Gasteiger partial charge in [-0.05, 0) is 13.3 Å². The maximum Gasteiger partial charge on any atom is 0.179 e. The van der Waals surface area contributed by atoms with Gasteiger partial charge in [-0.2, -0.15) is 5.26 Å². The number of nitrogens with zero attached hydrogens (tertiary/aromatic N) is 2. The van der Waals surface area contributed by atoms with E-state index in [1.165, 1.54) is 0 Å². The summed E-state index contributed by atoms with van der Waals surface area (Å²) >= 11 is 0. The lowest BCUT2D eigenvalue weighted by atomic mass is 10.2. The fraction of sp³-hybridized carbons (Fsp3) is 0.900. The molecular weight excluding hydrogens is 164 g/mol. The third-order valence-electron chi connectivity index (χ3n) is 1.68. The Morgan fingerprint density at radius 3 is 1.92 bits per heavy atom. The third-order valence-corrected chi connectivity index (χ3v) is 1.68. The molecule has 0 aromatic heterocycles. The van der Waals surface area contributed by atoms with Crippen LogP contribution in [0.3, 0.4) is 0 Å². The van der Waals surface area contributed by atoms with Crippen molar-refractivity contribution in [2.24, 2.45) is 0 Å². The van der Waals surface area contributed by atoms with E-state index in [9.17, 15) is 0 Å². The highest BCUT2D eigenvalue weighted by atomic mass is 16.3. The van der Waals surface area contributed by atoms with Crippen molar-refractivity contribution >= 4 is 0 Å². The molecule has 3 heteroatoms. The summed E-state index contributed by atoms with van der Waals surface area (Å²) in [6.07, 6.45) is 2.46. The highest BCUT2D eigenvalue weighted by molar-refractivity contribution is 4.89. The molecule has 78 valence electrons. The topological polar surface area (TPSA) is 47.3 Å². The van der Waals surface area contributed by atoms with Crippen molar-refractivity contribution < 1.29 is 5.11 Å². The van der Waals surface area contributed by atoms with Gasteiger partial charge in [-0.3, -0.25) is 0 Å². The monoisotopic (exact) mass is 186 g/mol. The number of aliphatic hydroxyl groups excluding tert-OH is 1. The Hall–Kier alpha value is -0.750. The molecule has 1 aliphatic rings. The number of likely N-dealkylation sites (tertiary alicyclic amines) is 1. The van der Waals surface area contributed by atoms with Crippen molar-refractivity contribution in [1.82, 2.24) is 4.90 Å². The van der Waals surface area contributed by atoms with Crippen LogP contribution in [0.15, 0.2) is 0 Å². The summed E-state index contributed by atoms with van der Waals surface area (Å²) in [5.41, 5.74) is 0. The van der Waals surface area contributed by atoms with Crippen LogP contribution in [0.2, 0.25) is 0 Å². The average molecular weight is 186 g/mol. The van der Waals surface area contributed by atoms with E-state index < -0.39 is 0 Å². The molecule has 0 radical (unpaired) electrons. The van der Waals surface area contributed by atoms with Gasteiger partial charge >= 0.3 is 0 Å². The first-order chi connectivity index (χ1) is 6.24. The number of β-amino-alcohol motifs (C(OH)–C–C–N with tert-alkyl or cyclic N) is 1. The Kier molecular flexibility index (Phi) is 10.6. The minimum Gasteiger partial charge on any atom is -0.391 e. The van der Waals surface area contributed by atoms with Crippen molar-refractivity contribution in [3.05, 3.63) is 0 Å². The molecule has 1 heterocycles. The van der Waals surface area contributed by atoms with E-state index in [0.717, 1.165) is 6.42 Å². The molecular formula is C10H22N2O. The van der Waals surface area contributed by atoms with Gasteiger partial charge in [0.2, 0.25) is 0 Å². The summed E-state index contributed by atoms with van der Waals surface area (Å²) in [7, 11) is 0. The van der Waals surface area contributed by atoms with E-state index >= 15 is 0 Å². The van der Waals surface area contributed by atoms with E-state index in [0.29, 0.717) is 6.54 Å². The number of aliphatic hydroxyl groups is 1. The molecule has 13 heavy (non-hydrogen) atoms. The normalized spacial score (nSPS) is 24.8. The van der Waals surface area contributed by atoms with Crippen LogP contribution in [0.5, 0.6) is 0 Å². The second-order valence-electron chi connectivity index (χ2n) is 2.49. The Bertz CT molecular complexity index is 142. The summed E-state index contributed by atoms with van der Waals surface area (Å²) in [5.74, 6) is 0. The van der Waals surface area contributed by atoms with Gasteiger partial charge in [0.15, 0.2) is 6.19 Å². The number of nitriles is 1. The summed E-state index contributed by atoms with van der Waals surface area (Å²) in [6.45, 7) is 10.5. The standard InChI is InChI=1S/C6H10N2O.2C2H6/c1-5-2-6(9)3-8(5)4-7;2*1-2/h5-6,9H,2-3H2,1H3;2*1-2H3. The molecule has 0 aromatic rings. The highest BCUT2D eigenvalue weighted by Crippen LogP contribution is 2.14. The van der Waals surface area contributed by atoms with Gasteiger partial charge in [0.25, 0.3) is 0 Å². The minimum atomic E-state index is -0.292. The SMILES string of the molecule is CC.CC.CC1CC(O)CN1C#N. The smallest absolute Gasteiger partial charge is 0.179 e. The number of hydrogen-bond donors (Lipinski definition) is 1. The summed E-state index contributed by atoms with van der Waals surface area (Å²) in [5, 5.41) is 17.4. The van der Waals surface area contributed by atoms with Crippen LogP contribution < -0.4 is 0 Å². The van der Waals surface area contributed by atoms with Crippen LogP contribution in [0.4, 0.5) is 0 Å². The van der Waals surface area contributed by atoms with E-state index in [1.807, 2.05) is 40.8 Å². The molecule has 0 aliphatic carbocycles. The van der Waals surface area contributed by atoms with Gasteiger partial charge in [0, 0.05) is 6.04 Å². The molecule has 0 spiro atoms. The first kappa shape index (κ1) is 14.8. The van der Waals surface area contributed by atoms with Gasteiger partial charge in [0.05, 0.1) is 12.6 Å². The first-order valence-corrected chi connectivity index (χ1v) is 5.08. The predicted octanol–water partition coefficient (Wildman–Crippen LogP) is 1.97. The quantitative estimate of drug-likeness (QED) is 0.588. The largest absolute Gasteiger partial charge is 0.391 e. The Morgan fingerprint density at radius 2 is 1.77 bits per heavy atom. The molecule has 2 unspecified atom stereocenters. The van der Waals surface area contributed by atoms with Crippen molar-refractivity contribution in [1.29, 1.82) is 5.26 Å². The molecule has 0 aromatic carbocycles. The van der Waals surface area contributed by atoms with Crippen molar-refractivity contribution in [3.63, 3.8) is 0 Å². The van der Waals surface area contributed by atoms with Gasteiger partial charge in [-0.25, -0.2) is 0 Å². The molecule has 0 amide bonds. The lowest BCUT2D eigenvalue weighted by Gasteiger charge is -2.10. The van der Waals surface area contributed by atoms with Crippen LogP contribution in [-0.2, 0) is 0 Å².